The molecule has 2 aliphatic heterocycles. The molecular weight excluding hydrogens is 288 g/mol. The van der Waals surface area contributed by atoms with Gasteiger partial charge < -0.3 is 9.64 Å². The van der Waals surface area contributed by atoms with Gasteiger partial charge >= 0.3 is 0 Å². The summed E-state index contributed by atoms with van der Waals surface area (Å²) in [7, 11) is 0. The average molecular weight is 314 g/mol. The van der Waals surface area contributed by atoms with Gasteiger partial charge in [-0.3, -0.25) is 9.69 Å². The summed E-state index contributed by atoms with van der Waals surface area (Å²) in [6.07, 6.45) is 8.01. The van der Waals surface area contributed by atoms with Crippen molar-refractivity contribution < 1.29 is 9.53 Å². The first-order valence-electron chi connectivity index (χ1n) is 9.10. The van der Waals surface area contributed by atoms with Crippen molar-refractivity contribution in [2.75, 3.05) is 26.2 Å². The normalized spacial score (nSPS) is 23.2. The third-order valence-corrected chi connectivity index (χ3v) is 5.49. The lowest BCUT2D eigenvalue weighted by molar-refractivity contribution is -0.00740. The van der Waals surface area contributed by atoms with E-state index in [-0.39, 0.29) is 12.0 Å². The van der Waals surface area contributed by atoms with Crippen molar-refractivity contribution in [1.82, 2.24) is 9.80 Å². The number of hydrogen-bond acceptors (Lipinski definition) is 3. The number of benzene rings is 1. The quantitative estimate of drug-likeness (QED) is 0.856. The SMILES string of the molecule is O=C(c1cccc(OC2CN(C3CCCC3)C2)c1)N1CCCC1. The minimum Gasteiger partial charge on any atom is -0.488 e. The number of ether oxygens (including phenoxy) is 1. The Balaban J connectivity index is 1.33. The lowest BCUT2D eigenvalue weighted by Gasteiger charge is -2.42. The first-order chi connectivity index (χ1) is 11.3. The summed E-state index contributed by atoms with van der Waals surface area (Å²) in [4.78, 5) is 17.0. The van der Waals surface area contributed by atoms with Crippen LogP contribution in [0.15, 0.2) is 24.3 Å². The Bertz CT molecular complexity index is 556. The Labute approximate surface area is 138 Å². The number of hydrogen-bond donors (Lipinski definition) is 0. The van der Waals surface area contributed by atoms with Crippen molar-refractivity contribution in [3.8, 4) is 5.75 Å². The summed E-state index contributed by atoms with van der Waals surface area (Å²) in [5, 5.41) is 0. The van der Waals surface area contributed by atoms with E-state index in [1.54, 1.807) is 0 Å². The van der Waals surface area contributed by atoms with Crippen LogP contribution in [-0.2, 0) is 0 Å². The van der Waals surface area contributed by atoms with Crippen LogP contribution >= 0.6 is 0 Å². The molecule has 0 bridgehead atoms. The van der Waals surface area contributed by atoms with Gasteiger partial charge in [0.15, 0.2) is 0 Å². The molecule has 1 aliphatic carbocycles. The number of nitrogens with zero attached hydrogens (tertiary/aromatic N) is 2. The Kier molecular flexibility index (Phi) is 4.25. The standard InChI is InChI=1S/C19H26N2O2/c22-19(20-10-3-4-11-20)15-6-5-9-17(12-15)23-18-13-21(14-18)16-7-1-2-8-16/h5-6,9,12,16,18H,1-4,7-8,10-11,13-14H2. The highest BCUT2D eigenvalue weighted by Crippen LogP contribution is 2.29. The smallest absolute Gasteiger partial charge is 0.253 e. The van der Waals surface area contributed by atoms with Crippen LogP contribution in [0.1, 0.15) is 48.9 Å². The van der Waals surface area contributed by atoms with Crippen molar-refractivity contribution in [2.45, 2.75) is 50.7 Å². The van der Waals surface area contributed by atoms with Crippen LogP contribution in [0.3, 0.4) is 0 Å². The lowest BCUT2D eigenvalue weighted by atomic mass is 10.1. The van der Waals surface area contributed by atoms with Gasteiger partial charge in [0, 0.05) is 37.8 Å². The highest BCUT2D eigenvalue weighted by molar-refractivity contribution is 5.94. The van der Waals surface area contributed by atoms with Crippen LogP contribution in [0.25, 0.3) is 0 Å². The van der Waals surface area contributed by atoms with Crippen LogP contribution in [0, 0.1) is 0 Å². The van der Waals surface area contributed by atoms with Gasteiger partial charge in [-0.15, -0.1) is 0 Å². The molecule has 0 radical (unpaired) electrons. The second kappa shape index (κ2) is 6.52. The highest BCUT2D eigenvalue weighted by Gasteiger charge is 2.35. The van der Waals surface area contributed by atoms with Gasteiger partial charge in [-0.25, -0.2) is 0 Å². The summed E-state index contributed by atoms with van der Waals surface area (Å²) in [5.41, 5.74) is 0.761. The van der Waals surface area contributed by atoms with E-state index in [0.29, 0.717) is 0 Å². The molecule has 0 unspecified atom stereocenters. The van der Waals surface area contributed by atoms with Crippen LogP contribution in [0.5, 0.6) is 5.75 Å². The molecule has 23 heavy (non-hydrogen) atoms. The van der Waals surface area contributed by atoms with Crippen molar-refractivity contribution in [1.29, 1.82) is 0 Å². The zero-order chi connectivity index (χ0) is 15.6. The maximum absolute atomic E-state index is 12.5. The van der Waals surface area contributed by atoms with Gasteiger partial charge in [-0.1, -0.05) is 18.9 Å². The molecule has 2 saturated heterocycles. The van der Waals surface area contributed by atoms with E-state index in [1.807, 2.05) is 29.2 Å². The summed E-state index contributed by atoms with van der Waals surface area (Å²) < 4.78 is 6.08. The van der Waals surface area contributed by atoms with Crippen LogP contribution in [0.4, 0.5) is 0 Å². The average Bonchev–Trinajstić information content (AvgIpc) is 3.23. The zero-order valence-corrected chi connectivity index (χ0v) is 13.7. The second-order valence-corrected chi connectivity index (χ2v) is 7.16. The Hall–Kier alpha value is -1.55. The first kappa shape index (κ1) is 15.0. The minimum atomic E-state index is 0.147. The van der Waals surface area contributed by atoms with E-state index in [0.717, 1.165) is 56.4 Å². The molecule has 1 aromatic carbocycles. The van der Waals surface area contributed by atoms with Gasteiger partial charge in [0.2, 0.25) is 0 Å². The molecule has 0 spiro atoms. The van der Waals surface area contributed by atoms with E-state index >= 15 is 0 Å². The molecule has 1 amide bonds. The van der Waals surface area contributed by atoms with Gasteiger partial charge in [-0.05, 0) is 43.9 Å². The number of carbonyl (C=O) groups excluding carboxylic acids is 1. The fourth-order valence-corrected chi connectivity index (χ4v) is 4.11. The molecular formula is C19H26N2O2. The fraction of sp³-hybridized carbons (Fsp3) is 0.632. The van der Waals surface area contributed by atoms with Gasteiger partial charge in [0.25, 0.3) is 5.91 Å². The largest absolute Gasteiger partial charge is 0.488 e. The van der Waals surface area contributed by atoms with Crippen LogP contribution in [-0.4, -0.2) is 54.0 Å². The Morgan fingerprint density at radius 3 is 2.52 bits per heavy atom. The maximum Gasteiger partial charge on any atom is 0.253 e. The number of rotatable bonds is 4. The number of amides is 1. The lowest BCUT2D eigenvalue weighted by Crippen LogP contribution is -2.57. The molecule has 1 saturated carbocycles. The molecule has 1 aromatic rings. The molecule has 124 valence electrons. The molecule has 3 fully saturated rings. The van der Waals surface area contributed by atoms with Crippen molar-refractivity contribution in [2.24, 2.45) is 0 Å². The Morgan fingerprint density at radius 1 is 1.04 bits per heavy atom. The van der Waals surface area contributed by atoms with Crippen molar-refractivity contribution in [3.63, 3.8) is 0 Å². The van der Waals surface area contributed by atoms with Crippen LogP contribution < -0.4 is 4.74 Å². The van der Waals surface area contributed by atoms with E-state index in [4.69, 9.17) is 4.74 Å². The molecule has 0 aromatic heterocycles. The summed E-state index contributed by atoms with van der Waals surface area (Å²) in [5.74, 6) is 0.986. The number of likely N-dealkylation sites (tertiary alicyclic amines) is 2. The first-order valence-corrected chi connectivity index (χ1v) is 9.10. The topological polar surface area (TPSA) is 32.8 Å². The third-order valence-electron chi connectivity index (χ3n) is 5.49. The van der Waals surface area contributed by atoms with Crippen molar-refractivity contribution in [3.05, 3.63) is 29.8 Å². The molecule has 4 nitrogen and oxygen atoms in total. The zero-order valence-electron chi connectivity index (χ0n) is 13.7. The monoisotopic (exact) mass is 314 g/mol. The van der Waals surface area contributed by atoms with E-state index < -0.39 is 0 Å². The van der Waals surface area contributed by atoms with E-state index in [9.17, 15) is 4.79 Å². The van der Waals surface area contributed by atoms with Crippen molar-refractivity contribution >= 4 is 5.91 Å². The maximum atomic E-state index is 12.5. The van der Waals surface area contributed by atoms with Gasteiger partial charge in [0.1, 0.15) is 11.9 Å². The number of carbonyl (C=O) groups is 1. The van der Waals surface area contributed by atoms with E-state index in [1.165, 1.54) is 25.7 Å². The fourth-order valence-electron chi connectivity index (χ4n) is 4.11. The summed E-state index contributed by atoms with van der Waals surface area (Å²) >= 11 is 0. The molecule has 0 N–H and O–H groups in total. The minimum absolute atomic E-state index is 0.147. The molecule has 2 heterocycles. The predicted octanol–water partition coefficient (Wildman–Crippen LogP) is 2.93. The van der Waals surface area contributed by atoms with Gasteiger partial charge in [0.05, 0.1) is 0 Å². The van der Waals surface area contributed by atoms with Gasteiger partial charge in [-0.2, -0.15) is 0 Å². The molecule has 0 atom stereocenters. The van der Waals surface area contributed by atoms with Crippen LogP contribution in [0.2, 0.25) is 0 Å². The summed E-state index contributed by atoms with van der Waals surface area (Å²) in [6.45, 7) is 3.86. The van der Waals surface area contributed by atoms with E-state index in [2.05, 4.69) is 4.90 Å². The molecule has 4 heteroatoms. The highest BCUT2D eigenvalue weighted by atomic mass is 16.5. The predicted molar refractivity (Wildman–Crippen MR) is 89.8 cm³/mol. The molecule has 4 rings (SSSR count). The third kappa shape index (κ3) is 3.23. The second-order valence-electron chi connectivity index (χ2n) is 7.16. The molecule has 3 aliphatic rings. The Morgan fingerprint density at radius 2 is 1.78 bits per heavy atom. The summed E-state index contributed by atoms with van der Waals surface area (Å²) in [6, 6.07) is 8.51.